The zero-order valence-electron chi connectivity index (χ0n) is 14.8. The maximum atomic E-state index is 12.8. The summed E-state index contributed by atoms with van der Waals surface area (Å²) in [5.41, 5.74) is 1.85. The fourth-order valence-corrected chi connectivity index (χ4v) is 3.68. The number of carbonyl (C=O) groups excluding carboxylic acids is 2. The number of hydrogen-bond donors (Lipinski definition) is 0. The van der Waals surface area contributed by atoms with Gasteiger partial charge in [-0.15, -0.1) is 0 Å². The third-order valence-corrected chi connectivity index (χ3v) is 5.12. The van der Waals surface area contributed by atoms with Crippen LogP contribution in [-0.4, -0.2) is 56.0 Å². The van der Waals surface area contributed by atoms with Crippen molar-refractivity contribution in [2.24, 2.45) is 0 Å². The van der Waals surface area contributed by atoms with Crippen LogP contribution in [0.4, 0.5) is 11.4 Å². The van der Waals surface area contributed by atoms with E-state index in [0.717, 1.165) is 24.5 Å². The highest BCUT2D eigenvalue weighted by Gasteiger charge is 2.28. The molecule has 6 nitrogen and oxygen atoms in total. The summed E-state index contributed by atoms with van der Waals surface area (Å²) >= 11 is 6.07. The topological polar surface area (TPSA) is 53.1 Å². The largest absolute Gasteiger partial charge is 0.423 e. The average molecular weight is 386 g/mol. The van der Waals surface area contributed by atoms with Crippen LogP contribution in [0.25, 0.3) is 0 Å². The molecule has 2 heterocycles. The van der Waals surface area contributed by atoms with Crippen molar-refractivity contribution in [1.29, 1.82) is 0 Å². The Balaban J connectivity index is 1.38. The third kappa shape index (κ3) is 3.85. The van der Waals surface area contributed by atoms with E-state index in [-0.39, 0.29) is 25.0 Å². The number of benzene rings is 2. The lowest BCUT2D eigenvalue weighted by Crippen LogP contribution is -2.52. The van der Waals surface area contributed by atoms with Gasteiger partial charge in [-0.3, -0.25) is 4.79 Å². The number of fused-ring (bicyclic) bond motifs is 1. The zero-order valence-corrected chi connectivity index (χ0v) is 15.6. The van der Waals surface area contributed by atoms with Crippen molar-refractivity contribution in [2.75, 3.05) is 49.1 Å². The molecule has 0 radical (unpaired) electrons. The lowest BCUT2D eigenvalue weighted by atomic mass is 10.2. The van der Waals surface area contributed by atoms with E-state index in [4.69, 9.17) is 16.3 Å². The molecule has 0 bridgehead atoms. The molecule has 1 fully saturated rings. The number of esters is 1. The van der Waals surface area contributed by atoms with Gasteiger partial charge in [0.1, 0.15) is 6.54 Å². The molecule has 2 aliphatic heterocycles. The van der Waals surface area contributed by atoms with Crippen LogP contribution in [0.2, 0.25) is 5.02 Å². The monoisotopic (exact) mass is 385 g/mol. The molecular weight excluding hydrogens is 366 g/mol. The molecule has 2 aliphatic rings. The molecule has 4 rings (SSSR count). The number of anilines is 2. The van der Waals surface area contributed by atoms with Crippen molar-refractivity contribution in [1.82, 2.24) is 4.90 Å². The van der Waals surface area contributed by atoms with Gasteiger partial charge in [0.15, 0.2) is 5.75 Å². The number of piperazine rings is 1. The second-order valence-corrected chi connectivity index (χ2v) is 7.08. The van der Waals surface area contributed by atoms with Crippen LogP contribution in [0, 0.1) is 0 Å². The van der Waals surface area contributed by atoms with E-state index >= 15 is 0 Å². The van der Waals surface area contributed by atoms with Crippen LogP contribution in [0.1, 0.15) is 0 Å². The van der Waals surface area contributed by atoms with E-state index in [1.807, 2.05) is 47.4 Å². The molecule has 27 heavy (non-hydrogen) atoms. The third-order valence-electron chi connectivity index (χ3n) is 4.88. The van der Waals surface area contributed by atoms with Crippen molar-refractivity contribution in [3.05, 3.63) is 53.6 Å². The molecule has 0 atom stereocenters. The summed E-state index contributed by atoms with van der Waals surface area (Å²) in [5.74, 6) is 0.185. The highest BCUT2D eigenvalue weighted by Crippen LogP contribution is 2.31. The summed E-state index contributed by atoms with van der Waals surface area (Å²) in [6.45, 7) is 3.06. The van der Waals surface area contributed by atoms with E-state index in [9.17, 15) is 9.59 Å². The van der Waals surface area contributed by atoms with Crippen LogP contribution in [0.15, 0.2) is 48.5 Å². The molecule has 2 aromatic rings. The number of amides is 1. The molecule has 0 aromatic heterocycles. The van der Waals surface area contributed by atoms with Crippen molar-refractivity contribution in [3.63, 3.8) is 0 Å². The number of rotatable bonds is 3. The van der Waals surface area contributed by atoms with Crippen LogP contribution in [0.3, 0.4) is 0 Å². The van der Waals surface area contributed by atoms with Gasteiger partial charge in [0.25, 0.3) is 0 Å². The van der Waals surface area contributed by atoms with Crippen molar-refractivity contribution in [2.45, 2.75) is 0 Å². The van der Waals surface area contributed by atoms with E-state index in [1.165, 1.54) is 0 Å². The fourth-order valence-electron chi connectivity index (χ4n) is 3.49. The second kappa shape index (κ2) is 7.48. The zero-order chi connectivity index (χ0) is 18.8. The first-order valence-electron chi connectivity index (χ1n) is 8.93. The van der Waals surface area contributed by atoms with Gasteiger partial charge in [-0.2, -0.15) is 0 Å². The number of ether oxygens (including phenoxy) is 1. The highest BCUT2D eigenvalue weighted by atomic mass is 35.5. The summed E-state index contributed by atoms with van der Waals surface area (Å²) in [6.07, 6.45) is 0. The van der Waals surface area contributed by atoms with Gasteiger partial charge >= 0.3 is 5.97 Å². The molecule has 0 spiro atoms. The molecule has 140 valence electrons. The van der Waals surface area contributed by atoms with Gasteiger partial charge in [0.2, 0.25) is 5.91 Å². The number of nitrogens with zero attached hydrogens (tertiary/aromatic N) is 3. The normalized spacial score (nSPS) is 16.8. The minimum absolute atomic E-state index is 0.0187. The second-order valence-electron chi connectivity index (χ2n) is 6.65. The molecule has 0 saturated carbocycles. The highest BCUT2D eigenvalue weighted by molar-refractivity contribution is 6.30. The number of para-hydroxylation sites is 2. The Kier molecular flexibility index (Phi) is 4.90. The molecule has 1 amide bonds. The first-order valence-corrected chi connectivity index (χ1v) is 9.31. The van der Waals surface area contributed by atoms with E-state index in [1.54, 1.807) is 11.0 Å². The smallest absolute Gasteiger partial charge is 0.331 e. The SMILES string of the molecule is O=C1CN(CC(=O)N2CCN(c3cccc(Cl)c3)CC2)c2ccccc2O1. The predicted molar refractivity (Wildman–Crippen MR) is 105 cm³/mol. The van der Waals surface area contributed by atoms with Gasteiger partial charge in [0, 0.05) is 36.9 Å². The summed E-state index contributed by atoms with van der Waals surface area (Å²) in [4.78, 5) is 30.4. The number of hydrogen-bond acceptors (Lipinski definition) is 5. The Morgan fingerprint density at radius 1 is 1.04 bits per heavy atom. The molecule has 0 unspecified atom stereocenters. The summed E-state index contributed by atoms with van der Waals surface area (Å²) in [5, 5.41) is 0.710. The number of carbonyl (C=O) groups is 2. The lowest BCUT2D eigenvalue weighted by Gasteiger charge is -2.37. The van der Waals surface area contributed by atoms with Gasteiger partial charge in [0.05, 0.1) is 12.2 Å². The van der Waals surface area contributed by atoms with Gasteiger partial charge in [-0.25, -0.2) is 4.79 Å². The van der Waals surface area contributed by atoms with Crippen molar-refractivity contribution < 1.29 is 14.3 Å². The van der Waals surface area contributed by atoms with Gasteiger partial charge in [-0.05, 0) is 30.3 Å². The van der Waals surface area contributed by atoms with Gasteiger partial charge in [-0.1, -0.05) is 29.8 Å². The number of halogens is 1. The first kappa shape index (κ1) is 17.7. The van der Waals surface area contributed by atoms with Crippen LogP contribution < -0.4 is 14.5 Å². The Morgan fingerprint density at radius 2 is 1.81 bits per heavy atom. The van der Waals surface area contributed by atoms with Crippen molar-refractivity contribution in [3.8, 4) is 5.75 Å². The Bertz CT molecular complexity index is 865. The maximum Gasteiger partial charge on any atom is 0.331 e. The van der Waals surface area contributed by atoms with Gasteiger partial charge < -0.3 is 19.4 Å². The van der Waals surface area contributed by atoms with Crippen LogP contribution in [0.5, 0.6) is 5.75 Å². The molecule has 0 N–H and O–H groups in total. The molecule has 7 heteroatoms. The van der Waals surface area contributed by atoms with Crippen molar-refractivity contribution >= 4 is 34.9 Å². The Hall–Kier alpha value is -2.73. The minimum Gasteiger partial charge on any atom is -0.423 e. The quantitative estimate of drug-likeness (QED) is 0.600. The molecule has 2 aromatic carbocycles. The van der Waals surface area contributed by atoms with E-state index < -0.39 is 0 Å². The minimum atomic E-state index is -0.340. The molecular formula is C20H20ClN3O3. The summed E-state index contributed by atoms with van der Waals surface area (Å²) in [6, 6.07) is 15.1. The molecule has 0 aliphatic carbocycles. The average Bonchev–Trinajstić information content (AvgIpc) is 2.68. The predicted octanol–water partition coefficient (Wildman–Crippen LogP) is 2.41. The summed E-state index contributed by atoms with van der Waals surface area (Å²) < 4.78 is 5.24. The summed E-state index contributed by atoms with van der Waals surface area (Å²) in [7, 11) is 0. The molecule has 1 saturated heterocycles. The fraction of sp³-hybridized carbons (Fsp3) is 0.300. The Morgan fingerprint density at radius 3 is 2.59 bits per heavy atom. The van der Waals surface area contributed by atoms with Crippen LogP contribution >= 0.6 is 11.6 Å². The maximum absolute atomic E-state index is 12.8. The first-order chi connectivity index (χ1) is 13.1. The van der Waals surface area contributed by atoms with E-state index in [0.29, 0.717) is 23.9 Å². The Labute approximate surface area is 162 Å². The van der Waals surface area contributed by atoms with Crippen LogP contribution in [-0.2, 0) is 9.59 Å². The van der Waals surface area contributed by atoms with E-state index in [2.05, 4.69) is 4.90 Å². The standard InChI is InChI=1S/C20H20ClN3O3/c21-15-4-3-5-16(12-15)22-8-10-23(11-9-22)19(25)13-24-14-20(26)27-18-7-2-1-6-17(18)24/h1-7,12H,8-11,13-14H2. The lowest BCUT2D eigenvalue weighted by molar-refractivity contribution is -0.133.